The van der Waals surface area contributed by atoms with E-state index in [1.807, 2.05) is 0 Å². The number of rotatable bonds is 16. The lowest BCUT2D eigenvalue weighted by Crippen LogP contribution is -2.15. The van der Waals surface area contributed by atoms with Crippen molar-refractivity contribution in [3.05, 3.63) is 0 Å². The molecule has 0 aliphatic heterocycles. The van der Waals surface area contributed by atoms with E-state index in [2.05, 4.69) is 0 Å². The van der Waals surface area contributed by atoms with Gasteiger partial charge in [-0.2, -0.15) is 0 Å². The maximum Gasteiger partial charge on any atom is 0.219 e. The van der Waals surface area contributed by atoms with Gasteiger partial charge in [-0.25, -0.2) is 0 Å². The minimum atomic E-state index is -0.368. The van der Waals surface area contributed by atoms with Crippen LogP contribution in [-0.4, -0.2) is 65.0 Å². The first-order valence-corrected chi connectivity index (χ1v) is 6.80. The number of primary amides is 1. The van der Waals surface area contributed by atoms with Gasteiger partial charge in [0, 0.05) is 19.4 Å². The van der Waals surface area contributed by atoms with E-state index in [4.69, 9.17) is 24.7 Å². The van der Waals surface area contributed by atoms with Crippen molar-refractivity contribution >= 4 is 12.2 Å². The van der Waals surface area contributed by atoms with E-state index < -0.39 is 0 Å². The quantitative estimate of drug-likeness (QED) is 0.315. The Labute approximate surface area is 119 Å². The molecule has 0 rings (SSSR count). The van der Waals surface area contributed by atoms with Gasteiger partial charge < -0.3 is 29.5 Å². The Morgan fingerprint density at radius 1 is 0.800 bits per heavy atom. The highest BCUT2D eigenvalue weighted by Gasteiger charge is 1.95. The molecule has 0 saturated carbocycles. The fourth-order valence-corrected chi connectivity index (χ4v) is 1.20. The molecule has 0 fully saturated rings. The zero-order chi connectivity index (χ0) is 14.9. The molecule has 0 unspecified atom stereocenters. The van der Waals surface area contributed by atoms with Crippen LogP contribution in [0, 0.1) is 0 Å². The summed E-state index contributed by atoms with van der Waals surface area (Å²) in [7, 11) is 0. The van der Waals surface area contributed by atoms with Crippen molar-refractivity contribution in [1.29, 1.82) is 0 Å². The summed E-state index contributed by atoms with van der Waals surface area (Å²) in [5, 5.41) is 0. The van der Waals surface area contributed by atoms with Crippen LogP contribution in [0.2, 0.25) is 0 Å². The summed E-state index contributed by atoms with van der Waals surface area (Å²) in [6.45, 7) is 3.84. The number of unbranched alkanes of at least 4 members (excludes halogenated alkanes) is 1. The molecule has 0 radical (unpaired) electrons. The SMILES string of the molecule is NC(=O)CCOCCOCCOCCOCCCC=O. The highest BCUT2D eigenvalue weighted by atomic mass is 16.6. The molecule has 0 heterocycles. The normalized spacial score (nSPS) is 10.6. The van der Waals surface area contributed by atoms with Crippen LogP contribution in [-0.2, 0) is 28.5 Å². The van der Waals surface area contributed by atoms with Crippen LogP contribution in [0.15, 0.2) is 0 Å². The average Bonchev–Trinajstić information content (AvgIpc) is 2.43. The molecule has 0 aromatic rings. The van der Waals surface area contributed by atoms with Crippen molar-refractivity contribution in [2.24, 2.45) is 5.73 Å². The van der Waals surface area contributed by atoms with Crippen LogP contribution < -0.4 is 5.73 Å². The fraction of sp³-hybridized carbons (Fsp3) is 0.846. The van der Waals surface area contributed by atoms with Crippen LogP contribution in [0.4, 0.5) is 0 Å². The first-order chi connectivity index (χ1) is 9.77. The van der Waals surface area contributed by atoms with Crippen LogP contribution >= 0.6 is 0 Å². The Hall–Kier alpha value is -1.02. The van der Waals surface area contributed by atoms with Crippen molar-refractivity contribution in [3.8, 4) is 0 Å². The third-order valence-corrected chi connectivity index (χ3v) is 2.22. The molecular weight excluding hydrogens is 266 g/mol. The lowest BCUT2D eigenvalue weighted by atomic mass is 10.3. The smallest absolute Gasteiger partial charge is 0.219 e. The summed E-state index contributed by atoms with van der Waals surface area (Å²) in [5.41, 5.74) is 4.95. The molecule has 0 aromatic heterocycles. The largest absolute Gasteiger partial charge is 0.379 e. The topological polar surface area (TPSA) is 97.1 Å². The standard InChI is InChI=1S/C13H25NO6/c14-13(16)3-6-18-8-10-20-12-11-19-9-7-17-5-2-1-4-15/h4H,1-3,5-12H2,(H2,14,16). The molecule has 0 atom stereocenters. The number of hydrogen-bond acceptors (Lipinski definition) is 6. The lowest BCUT2D eigenvalue weighted by molar-refractivity contribution is -0.119. The van der Waals surface area contributed by atoms with Gasteiger partial charge in [-0.1, -0.05) is 0 Å². The highest BCUT2D eigenvalue weighted by molar-refractivity contribution is 5.73. The van der Waals surface area contributed by atoms with E-state index in [1.165, 1.54) is 0 Å². The molecule has 0 aromatic carbocycles. The molecule has 7 nitrogen and oxygen atoms in total. The van der Waals surface area contributed by atoms with Gasteiger partial charge in [0.15, 0.2) is 0 Å². The second-order valence-electron chi connectivity index (χ2n) is 3.97. The molecule has 0 saturated heterocycles. The molecule has 7 heteroatoms. The van der Waals surface area contributed by atoms with Crippen molar-refractivity contribution in [2.75, 3.05) is 52.9 Å². The minimum absolute atomic E-state index is 0.232. The van der Waals surface area contributed by atoms with E-state index in [0.717, 1.165) is 12.7 Å². The van der Waals surface area contributed by atoms with Gasteiger partial charge in [0.05, 0.1) is 46.2 Å². The Morgan fingerprint density at radius 3 is 1.70 bits per heavy atom. The summed E-state index contributed by atoms with van der Waals surface area (Å²) >= 11 is 0. The molecule has 0 aliphatic carbocycles. The molecular formula is C13H25NO6. The van der Waals surface area contributed by atoms with Gasteiger partial charge >= 0.3 is 0 Å². The first-order valence-electron chi connectivity index (χ1n) is 6.80. The third-order valence-electron chi connectivity index (χ3n) is 2.22. The van der Waals surface area contributed by atoms with Gasteiger partial charge in [0.2, 0.25) is 5.91 Å². The number of amides is 1. The summed E-state index contributed by atoms with van der Waals surface area (Å²) < 4.78 is 20.9. The average molecular weight is 291 g/mol. The zero-order valence-electron chi connectivity index (χ0n) is 11.9. The lowest BCUT2D eigenvalue weighted by Gasteiger charge is -2.07. The van der Waals surface area contributed by atoms with Gasteiger partial charge in [-0.05, 0) is 6.42 Å². The summed E-state index contributed by atoms with van der Waals surface area (Å²) in [6, 6.07) is 0. The first kappa shape index (κ1) is 19.0. The van der Waals surface area contributed by atoms with Crippen molar-refractivity contribution in [1.82, 2.24) is 0 Å². The molecule has 1 amide bonds. The monoisotopic (exact) mass is 291 g/mol. The predicted octanol–water partition coefficient (Wildman–Crippen LogP) is -0.0927. The van der Waals surface area contributed by atoms with Crippen LogP contribution in [0.25, 0.3) is 0 Å². The predicted molar refractivity (Wildman–Crippen MR) is 72.4 cm³/mol. The number of carbonyl (C=O) groups excluding carboxylic acids is 2. The zero-order valence-corrected chi connectivity index (χ0v) is 11.9. The number of nitrogens with two attached hydrogens (primary N) is 1. The van der Waals surface area contributed by atoms with E-state index in [9.17, 15) is 9.59 Å². The minimum Gasteiger partial charge on any atom is -0.379 e. The Kier molecular flexibility index (Phi) is 15.2. The van der Waals surface area contributed by atoms with E-state index >= 15 is 0 Å². The Balaban J connectivity index is 2.95. The molecule has 20 heavy (non-hydrogen) atoms. The van der Waals surface area contributed by atoms with E-state index in [0.29, 0.717) is 59.3 Å². The van der Waals surface area contributed by atoms with Gasteiger partial charge in [-0.15, -0.1) is 0 Å². The number of hydrogen-bond donors (Lipinski definition) is 1. The van der Waals surface area contributed by atoms with Crippen molar-refractivity contribution in [2.45, 2.75) is 19.3 Å². The van der Waals surface area contributed by atoms with Crippen LogP contribution in [0.3, 0.4) is 0 Å². The molecule has 118 valence electrons. The van der Waals surface area contributed by atoms with Crippen molar-refractivity contribution < 1.29 is 28.5 Å². The summed E-state index contributed by atoms with van der Waals surface area (Å²) in [4.78, 5) is 20.4. The third kappa shape index (κ3) is 17.0. The van der Waals surface area contributed by atoms with Gasteiger partial charge in [0.1, 0.15) is 6.29 Å². The van der Waals surface area contributed by atoms with Gasteiger partial charge in [-0.3, -0.25) is 4.79 Å². The van der Waals surface area contributed by atoms with E-state index in [1.54, 1.807) is 0 Å². The number of aldehydes is 1. The highest BCUT2D eigenvalue weighted by Crippen LogP contribution is 1.87. The summed E-state index contributed by atoms with van der Waals surface area (Å²) in [6.07, 6.45) is 2.41. The van der Waals surface area contributed by atoms with Crippen molar-refractivity contribution in [3.63, 3.8) is 0 Å². The van der Waals surface area contributed by atoms with E-state index in [-0.39, 0.29) is 12.3 Å². The summed E-state index contributed by atoms with van der Waals surface area (Å²) in [5.74, 6) is -0.368. The van der Waals surface area contributed by atoms with Gasteiger partial charge in [0.25, 0.3) is 0 Å². The molecule has 0 aliphatic rings. The maximum absolute atomic E-state index is 10.4. The Morgan fingerprint density at radius 2 is 1.25 bits per heavy atom. The fourth-order valence-electron chi connectivity index (χ4n) is 1.20. The number of carbonyl (C=O) groups is 2. The molecule has 0 bridgehead atoms. The van der Waals surface area contributed by atoms with Crippen LogP contribution in [0.1, 0.15) is 19.3 Å². The molecule has 0 spiro atoms. The second kappa shape index (κ2) is 16.0. The Bertz CT molecular complexity index is 237. The van der Waals surface area contributed by atoms with Crippen LogP contribution in [0.5, 0.6) is 0 Å². The maximum atomic E-state index is 10.4. The second-order valence-corrected chi connectivity index (χ2v) is 3.97. The number of ether oxygens (including phenoxy) is 4. The molecule has 2 N–H and O–H groups in total.